The average molecular weight is 344 g/mol. The van der Waals surface area contributed by atoms with E-state index in [0.29, 0.717) is 0 Å². The standard InChI is InChI=1S/C6H18NSi2.C5H5.2ClH.Ti/c1-8(2,3)7-9(4,5)6;1-2-4-5-3-1;;;/h1-6H3;1-3H,4H2;2*1H;/q-1;;;;+3/p-2. The molecule has 1 rings (SSSR count). The minimum atomic E-state index is -1.11. The fraction of sp³-hybridized carbons (Fsp3) is 0.636. The second-order valence-corrected chi connectivity index (χ2v) is 19.6. The molecule has 1 nitrogen and oxygen atoms in total. The fourth-order valence-electron chi connectivity index (χ4n) is 2.02. The first-order valence-electron chi connectivity index (χ1n) is 5.64. The summed E-state index contributed by atoms with van der Waals surface area (Å²) in [7, 11) is -2.22. The van der Waals surface area contributed by atoms with E-state index >= 15 is 0 Å². The average Bonchev–Trinajstić information content (AvgIpc) is 2.46. The number of hydrogen-bond donors (Lipinski definition) is 0. The fourth-order valence-corrected chi connectivity index (χ4v) is 16.1. The van der Waals surface area contributed by atoms with Crippen molar-refractivity contribution in [2.75, 3.05) is 0 Å². The summed E-state index contributed by atoms with van der Waals surface area (Å²) < 4.78 is 4.69. The van der Waals surface area contributed by atoms with E-state index in [4.69, 9.17) is 0 Å². The Hall–Kier alpha value is 1.17. The maximum Gasteiger partial charge on any atom is -1.00 e. The third kappa shape index (κ3) is 6.76. The van der Waals surface area contributed by atoms with E-state index in [2.05, 4.69) is 60.2 Å². The van der Waals surface area contributed by atoms with E-state index in [1.54, 1.807) is 3.88 Å². The number of nitrogens with zero attached hydrogens (tertiary/aromatic N) is 1. The van der Waals surface area contributed by atoms with Crippen LogP contribution in [0.3, 0.4) is 0 Å². The van der Waals surface area contributed by atoms with Gasteiger partial charge in [-0.25, -0.2) is 0 Å². The summed E-state index contributed by atoms with van der Waals surface area (Å²) in [5.74, 6) is 0. The molecule has 17 heavy (non-hydrogen) atoms. The molecule has 0 aliphatic heterocycles. The molecular formula is C11H23Cl2NSi2Ti. The van der Waals surface area contributed by atoms with Gasteiger partial charge in [-0.05, 0) is 0 Å². The van der Waals surface area contributed by atoms with Crippen molar-refractivity contribution in [2.45, 2.75) is 45.7 Å². The molecule has 0 N–H and O–H groups in total. The third-order valence-electron chi connectivity index (χ3n) is 2.37. The van der Waals surface area contributed by atoms with Crippen LogP contribution in [0.15, 0.2) is 22.1 Å². The quantitative estimate of drug-likeness (QED) is 0.524. The molecule has 0 aromatic heterocycles. The van der Waals surface area contributed by atoms with Crippen LogP contribution in [-0.2, 0) is 19.4 Å². The largest absolute Gasteiger partial charge is 1.00 e. The van der Waals surface area contributed by atoms with E-state index in [-0.39, 0.29) is 44.2 Å². The second-order valence-electron chi connectivity index (χ2n) is 6.11. The number of rotatable bonds is 4. The van der Waals surface area contributed by atoms with Crippen molar-refractivity contribution in [3.05, 3.63) is 22.1 Å². The molecule has 0 saturated heterocycles. The molecule has 0 unspecified atom stereocenters. The molecule has 0 bridgehead atoms. The minimum absolute atomic E-state index is 0. The molecule has 0 heterocycles. The maximum absolute atomic E-state index is 2.97. The predicted octanol–water partition coefficient (Wildman–Crippen LogP) is -2.19. The zero-order valence-electron chi connectivity index (χ0n) is 11.6. The summed E-state index contributed by atoms with van der Waals surface area (Å²) in [5.41, 5.74) is 0. The van der Waals surface area contributed by atoms with E-state index in [9.17, 15) is 0 Å². The van der Waals surface area contributed by atoms with Gasteiger partial charge in [0, 0.05) is 0 Å². The number of hydrogen-bond acceptors (Lipinski definition) is 1. The Labute approximate surface area is 130 Å². The van der Waals surface area contributed by atoms with E-state index < -0.39 is 16.5 Å². The predicted molar refractivity (Wildman–Crippen MR) is 70.4 cm³/mol. The summed E-state index contributed by atoms with van der Waals surface area (Å²) in [6.07, 6.45) is 8.11. The molecular weight excluding hydrogens is 321 g/mol. The molecule has 0 aromatic rings. The molecule has 0 amide bonds. The van der Waals surface area contributed by atoms with Crippen LogP contribution in [0.1, 0.15) is 6.42 Å². The zero-order valence-corrected chi connectivity index (χ0v) is 16.7. The molecule has 1 aliphatic rings. The van der Waals surface area contributed by atoms with Gasteiger partial charge in [0.15, 0.2) is 0 Å². The third-order valence-corrected chi connectivity index (χ3v) is 17.7. The Morgan fingerprint density at radius 2 is 1.47 bits per heavy atom. The Balaban J connectivity index is 0. The summed E-state index contributed by atoms with van der Waals surface area (Å²) in [6.45, 7) is 15.0. The van der Waals surface area contributed by atoms with Crippen molar-refractivity contribution >= 4 is 16.5 Å². The van der Waals surface area contributed by atoms with Crippen LogP contribution < -0.4 is 24.8 Å². The monoisotopic (exact) mass is 343 g/mol. The van der Waals surface area contributed by atoms with Crippen molar-refractivity contribution in [2.24, 2.45) is 0 Å². The first kappa shape index (κ1) is 20.5. The first-order valence-corrected chi connectivity index (χ1v) is 14.0. The topological polar surface area (TPSA) is 3.24 Å². The first-order chi connectivity index (χ1) is 6.71. The van der Waals surface area contributed by atoms with Gasteiger partial charge in [0.2, 0.25) is 0 Å². The number of allylic oxidation sites excluding steroid dienone is 4. The van der Waals surface area contributed by atoms with Gasteiger partial charge in [-0.15, -0.1) is 0 Å². The van der Waals surface area contributed by atoms with Gasteiger partial charge < -0.3 is 24.8 Å². The SMILES string of the molecule is C[Si](C)(C)[N]([Ti+2][C]1=CC=CC1)[Si](C)(C)C.[Cl-].[Cl-]. The molecule has 1 aliphatic carbocycles. The van der Waals surface area contributed by atoms with E-state index in [1.807, 2.05) is 0 Å². The Morgan fingerprint density at radius 3 is 1.76 bits per heavy atom. The molecule has 0 aromatic carbocycles. The minimum Gasteiger partial charge on any atom is -1.00 e. The normalized spacial score (nSPS) is 14.9. The van der Waals surface area contributed by atoms with Gasteiger partial charge in [0.25, 0.3) is 0 Å². The van der Waals surface area contributed by atoms with Crippen LogP contribution in [0, 0.1) is 0 Å². The summed E-state index contributed by atoms with van der Waals surface area (Å²) in [4.78, 5) is 0. The Morgan fingerprint density at radius 1 is 1.00 bits per heavy atom. The van der Waals surface area contributed by atoms with Crippen molar-refractivity contribution in [3.8, 4) is 0 Å². The van der Waals surface area contributed by atoms with Crippen LogP contribution in [0.2, 0.25) is 39.3 Å². The van der Waals surface area contributed by atoms with E-state index in [0.717, 1.165) is 0 Å². The smallest absolute Gasteiger partial charge is 1.00 e. The van der Waals surface area contributed by atoms with Gasteiger partial charge in [-0.1, -0.05) is 0 Å². The maximum atomic E-state index is 2.97. The summed E-state index contributed by atoms with van der Waals surface area (Å²) >= 11 is -0.0154. The summed E-state index contributed by atoms with van der Waals surface area (Å²) in [6, 6.07) is 0. The number of halogens is 2. The van der Waals surface area contributed by atoms with Crippen molar-refractivity contribution in [3.63, 3.8) is 0 Å². The molecule has 0 saturated carbocycles. The molecule has 98 valence electrons. The van der Waals surface area contributed by atoms with E-state index in [1.165, 1.54) is 6.42 Å². The van der Waals surface area contributed by atoms with Crippen LogP contribution in [0.5, 0.6) is 0 Å². The van der Waals surface area contributed by atoms with Crippen LogP contribution in [0.4, 0.5) is 0 Å². The molecule has 0 spiro atoms. The molecule has 0 fully saturated rings. The zero-order chi connectivity index (χ0) is 11.7. The molecule has 0 atom stereocenters. The van der Waals surface area contributed by atoms with Gasteiger partial charge >= 0.3 is 106 Å². The van der Waals surface area contributed by atoms with Gasteiger partial charge in [0.05, 0.1) is 0 Å². The molecule has 0 radical (unpaired) electrons. The molecule has 6 heteroatoms. The van der Waals surface area contributed by atoms with Crippen molar-refractivity contribution in [1.29, 1.82) is 0 Å². The van der Waals surface area contributed by atoms with Gasteiger partial charge in [-0.2, -0.15) is 0 Å². The van der Waals surface area contributed by atoms with Gasteiger partial charge in [0.1, 0.15) is 0 Å². The second kappa shape index (κ2) is 7.68. The Bertz CT molecular complexity index is 279. The van der Waals surface area contributed by atoms with Crippen LogP contribution in [-0.4, -0.2) is 19.2 Å². The van der Waals surface area contributed by atoms with Crippen LogP contribution >= 0.6 is 0 Å². The van der Waals surface area contributed by atoms with Crippen molar-refractivity contribution < 1.29 is 44.2 Å². The Kier molecular flexibility index (Phi) is 9.26. The van der Waals surface area contributed by atoms with Crippen LogP contribution in [0.25, 0.3) is 0 Å². The summed E-state index contributed by atoms with van der Waals surface area (Å²) in [5, 5.41) is 0. The van der Waals surface area contributed by atoms with Crippen molar-refractivity contribution in [1.82, 2.24) is 2.71 Å². The van der Waals surface area contributed by atoms with Gasteiger partial charge in [-0.3, -0.25) is 0 Å².